The maximum atomic E-state index is 11.9. The molecule has 8 rings (SSSR count). The zero-order chi connectivity index (χ0) is 36.7. The molecule has 1 N–H and O–H groups in total. The number of hydrogen-bond acceptors (Lipinski definition) is 3. The lowest BCUT2D eigenvalue weighted by Gasteiger charge is -2.27. The smallest absolute Gasteiger partial charge is 0.144 e. The molecule has 0 bridgehead atoms. The molecule has 52 heavy (non-hydrogen) atoms. The van der Waals surface area contributed by atoms with Crippen LogP contribution in [-0.4, -0.2) is 19.6 Å². The summed E-state index contributed by atoms with van der Waals surface area (Å²) in [5, 5.41) is 11.9. The second-order valence-corrected chi connectivity index (χ2v) is 17.0. The van der Waals surface area contributed by atoms with Gasteiger partial charge in [0.25, 0.3) is 0 Å². The van der Waals surface area contributed by atoms with Gasteiger partial charge in [-0.3, -0.25) is 4.98 Å². The Bertz CT molecular complexity index is 2520. The number of rotatable bonds is 4. The molecule has 0 atom stereocenters. The molecule has 2 heterocycles. The third-order valence-electron chi connectivity index (χ3n) is 11.0. The number of aryl methyl sites for hydroxylation is 1. The number of pyridine rings is 1. The number of aromatic hydroxyl groups is 1. The zero-order valence-corrected chi connectivity index (χ0v) is 31.8. The van der Waals surface area contributed by atoms with Gasteiger partial charge in [0, 0.05) is 35.3 Å². The molecule has 2 aromatic heterocycles. The average Bonchev–Trinajstić information content (AvgIpc) is 3.57. The van der Waals surface area contributed by atoms with E-state index in [0.29, 0.717) is 5.75 Å². The van der Waals surface area contributed by atoms with Gasteiger partial charge in [-0.1, -0.05) is 128 Å². The molecule has 7 aromatic rings. The maximum Gasteiger partial charge on any atom is 0.144 e. The highest BCUT2D eigenvalue weighted by Crippen LogP contribution is 2.54. The van der Waals surface area contributed by atoms with Crippen molar-refractivity contribution in [1.29, 1.82) is 0 Å². The highest BCUT2D eigenvalue weighted by atomic mass is 16.3. The molecule has 1 aliphatic carbocycles. The van der Waals surface area contributed by atoms with E-state index in [0.717, 1.165) is 61.5 Å². The Labute approximate surface area is 307 Å². The quantitative estimate of drug-likeness (QED) is 0.201. The van der Waals surface area contributed by atoms with Gasteiger partial charge in [0.2, 0.25) is 0 Å². The fourth-order valence-corrected chi connectivity index (χ4v) is 8.17. The SMILES string of the molecule is Cn1c(-c2cc(C(C)(C)C)cc(C(C)(C)C)c2O)nc2c(-c3cc(-c4cc(-c5ccccc5)ccn4)cc4c3C(C)(C)c3ccccc3-4)cccc21. The number of hydrogen-bond donors (Lipinski definition) is 1. The lowest BCUT2D eigenvalue weighted by Crippen LogP contribution is -2.17. The summed E-state index contributed by atoms with van der Waals surface area (Å²) >= 11 is 0. The van der Waals surface area contributed by atoms with Gasteiger partial charge in [-0.25, -0.2) is 4.98 Å². The number of phenols is 1. The van der Waals surface area contributed by atoms with Crippen LogP contribution in [0.4, 0.5) is 0 Å². The first-order valence-electron chi connectivity index (χ1n) is 18.3. The van der Waals surface area contributed by atoms with Gasteiger partial charge < -0.3 is 9.67 Å². The minimum absolute atomic E-state index is 0.106. The van der Waals surface area contributed by atoms with Crippen molar-refractivity contribution in [2.45, 2.75) is 71.6 Å². The molecule has 1 aliphatic rings. The highest BCUT2D eigenvalue weighted by Gasteiger charge is 2.38. The third-order valence-corrected chi connectivity index (χ3v) is 11.0. The van der Waals surface area contributed by atoms with E-state index in [4.69, 9.17) is 9.97 Å². The van der Waals surface area contributed by atoms with E-state index in [1.54, 1.807) is 0 Å². The topological polar surface area (TPSA) is 50.9 Å². The number of benzene rings is 5. The van der Waals surface area contributed by atoms with Crippen LogP contribution in [0.5, 0.6) is 5.75 Å². The molecule has 4 heteroatoms. The number of fused-ring (bicyclic) bond motifs is 4. The minimum Gasteiger partial charge on any atom is -0.507 e. The van der Waals surface area contributed by atoms with Crippen molar-refractivity contribution in [3.8, 4) is 61.8 Å². The normalized spacial score (nSPS) is 13.7. The third kappa shape index (κ3) is 5.35. The summed E-state index contributed by atoms with van der Waals surface area (Å²) in [4.78, 5) is 10.4. The average molecular weight is 682 g/mol. The summed E-state index contributed by atoms with van der Waals surface area (Å²) in [5.74, 6) is 1.05. The van der Waals surface area contributed by atoms with E-state index in [-0.39, 0.29) is 16.2 Å². The van der Waals surface area contributed by atoms with Crippen molar-refractivity contribution >= 4 is 11.0 Å². The van der Waals surface area contributed by atoms with Crippen LogP contribution in [-0.2, 0) is 23.3 Å². The van der Waals surface area contributed by atoms with Crippen LogP contribution < -0.4 is 0 Å². The fourth-order valence-electron chi connectivity index (χ4n) is 8.17. The zero-order valence-electron chi connectivity index (χ0n) is 31.8. The predicted octanol–water partition coefficient (Wildman–Crippen LogP) is 12.2. The van der Waals surface area contributed by atoms with Crippen LogP contribution >= 0.6 is 0 Å². The predicted molar refractivity (Wildman–Crippen MR) is 217 cm³/mol. The first-order valence-corrected chi connectivity index (χ1v) is 18.3. The van der Waals surface area contributed by atoms with E-state index in [1.807, 2.05) is 12.3 Å². The van der Waals surface area contributed by atoms with Crippen molar-refractivity contribution < 1.29 is 5.11 Å². The van der Waals surface area contributed by atoms with Gasteiger partial charge in [-0.15, -0.1) is 0 Å². The van der Waals surface area contributed by atoms with E-state index in [2.05, 4.69) is 170 Å². The van der Waals surface area contributed by atoms with Gasteiger partial charge in [0.05, 0.1) is 22.3 Å². The number of aromatic nitrogens is 3. The van der Waals surface area contributed by atoms with Crippen LogP contribution in [0.1, 0.15) is 77.6 Å². The molecule has 0 aliphatic heterocycles. The number of phenolic OH excluding ortho intramolecular Hbond substituents is 1. The van der Waals surface area contributed by atoms with Gasteiger partial charge in [0.1, 0.15) is 11.6 Å². The van der Waals surface area contributed by atoms with E-state index in [1.165, 1.54) is 27.8 Å². The Morgan fingerprint density at radius 3 is 2.00 bits per heavy atom. The van der Waals surface area contributed by atoms with Gasteiger partial charge >= 0.3 is 0 Å². The highest BCUT2D eigenvalue weighted by molar-refractivity contribution is 6.00. The van der Waals surface area contributed by atoms with Crippen molar-refractivity contribution in [3.63, 3.8) is 0 Å². The van der Waals surface area contributed by atoms with Gasteiger partial charge in [-0.2, -0.15) is 0 Å². The first-order chi connectivity index (χ1) is 24.6. The van der Waals surface area contributed by atoms with Crippen LogP contribution in [0.3, 0.4) is 0 Å². The molecule has 0 saturated carbocycles. The molecule has 0 radical (unpaired) electrons. The van der Waals surface area contributed by atoms with Crippen molar-refractivity contribution in [1.82, 2.24) is 14.5 Å². The Hall–Kier alpha value is -5.48. The van der Waals surface area contributed by atoms with Crippen molar-refractivity contribution in [3.05, 3.63) is 138 Å². The number of imidazole rings is 1. The monoisotopic (exact) mass is 681 g/mol. The lowest BCUT2D eigenvalue weighted by atomic mass is 9.78. The molecule has 0 fully saturated rings. The fraction of sp³-hybridized carbons (Fsp3) is 0.250. The molecule has 0 amide bonds. The van der Waals surface area contributed by atoms with Gasteiger partial charge in [0.15, 0.2) is 0 Å². The second-order valence-electron chi connectivity index (χ2n) is 17.0. The Kier molecular flexibility index (Phi) is 7.62. The summed E-state index contributed by atoms with van der Waals surface area (Å²) in [6.45, 7) is 17.8. The van der Waals surface area contributed by atoms with Crippen LogP contribution in [0, 0.1) is 0 Å². The second kappa shape index (κ2) is 11.8. The maximum absolute atomic E-state index is 11.9. The van der Waals surface area contributed by atoms with Crippen molar-refractivity contribution in [2.75, 3.05) is 0 Å². The molecule has 0 spiro atoms. The largest absolute Gasteiger partial charge is 0.507 e. The summed E-state index contributed by atoms with van der Waals surface area (Å²) in [6.07, 6.45) is 1.91. The standard InChI is InChI=1S/C48H47N3O/c1-46(2,3)32-27-37(44(52)39(28-32)47(4,5)6)45-50-43-34(19-15-21-41(43)51(45)9)36-25-31(40-26-30(22-23-49-40)29-16-11-10-12-17-29)24-35-33-18-13-14-20-38(33)48(7,8)42(35)36/h10-28,52H,1-9H3. The minimum atomic E-state index is -0.247. The Morgan fingerprint density at radius 1 is 0.615 bits per heavy atom. The summed E-state index contributed by atoms with van der Waals surface area (Å²) in [6, 6.07) is 39.0. The lowest BCUT2D eigenvalue weighted by molar-refractivity contribution is 0.446. The number of para-hydroxylation sites is 1. The molecule has 0 unspecified atom stereocenters. The Morgan fingerprint density at radius 2 is 1.29 bits per heavy atom. The van der Waals surface area contributed by atoms with E-state index in [9.17, 15) is 5.11 Å². The van der Waals surface area contributed by atoms with Crippen LogP contribution in [0.25, 0.3) is 67.1 Å². The summed E-state index contributed by atoms with van der Waals surface area (Å²) < 4.78 is 2.14. The van der Waals surface area contributed by atoms with E-state index >= 15 is 0 Å². The molecular weight excluding hydrogens is 635 g/mol. The number of nitrogens with zero attached hydrogens (tertiary/aromatic N) is 3. The van der Waals surface area contributed by atoms with Crippen molar-refractivity contribution in [2.24, 2.45) is 7.05 Å². The summed E-state index contributed by atoms with van der Waals surface area (Å²) in [7, 11) is 2.06. The Balaban J connectivity index is 1.40. The van der Waals surface area contributed by atoms with Crippen LogP contribution in [0.2, 0.25) is 0 Å². The molecule has 5 aromatic carbocycles. The van der Waals surface area contributed by atoms with E-state index < -0.39 is 0 Å². The molecule has 260 valence electrons. The first kappa shape index (κ1) is 33.7. The van der Waals surface area contributed by atoms with Gasteiger partial charge in [-0.05, 0) is 91.7 Å². The molecule has 4 nitrogen and oxygen atoms in total. The molecule has 0 saturated heterocycles. The summed E-state index contributed by atoms with van der Waals surface area (Å²) in [5.41, 5.74) is 15.8. The van der Waals surface area contributed by atoms with Crippen LogP contribution in [0.15, 0.2) is 115 Å². The molecular formula is C48H47N3O.